The van der Waals surface area contributed by atoms with Crippen molar-refractivity contribution in [2.45, 2.75) is 18.9 Å². The van der Waals surface area contributed by atoms with E-state index in [0.717, 1.165) is 12.2 Å². The van der Waals surface area contributed by atoms with E-state index in [1.165, 1.54) is 0 Å². The minimum atomic E-state index is -5.14. The number of amides is 1. The third kappa shape index (κ3) is 4.25. The number of alkyl halides is 3. The third-order valence-corrected chi connectivity index (χ3v) is 2.24. The van der Waals surface area contributed by atoms with E-state index in [2.05, 4.69) is 0 Å². The molecule has 0 aromatic heterocycles. The molecule has 0 fully saturated rings. The van der Waals surface area contributed by atoms with Gasteiger partial charge in [0.05, 0.1) is 0 Å². The van der Waals surface area contributed by atoms with Crippen LogP contribution in [0.1, 0.15) is 6.92 Å². The Morgan fingerprint density at radius 3 is 2.08 bits per heavy atom. The molecule has 0 radical (unpaired) electrons. The molecule has 1 amide bonds. The van der Waals surface area contributed by atoms with Crippen LogP contribution in [-0.2, 0) is 9.36 Å². The third-order valence-electron chi connectivity index (χ3n) is 1.10. The van der Waals surface area contributed by atoms with Crippen LogP contribution in [0.15, 0.2) is 0 Å². The molecule has 0 heterocycles. The van der Waals surface area contributed by atoms with Crippen molar-refractivity contribution in [2.75, 3.05) is 0 Å². The molecule has 3 N–H and O–H groups in total. The first-order valence-electron chi connectivity index (χ1n) is 2.98. The lowest BCUT2D eigenvalue weighted by atomic mass is 10.5. The molecule has 13 heavy (non-hydrogen) atoms. The molecule has 0 aliphatic rings. The zero-order chi connectivity index (χ0) is 10.9. The summed E-state index contributed by atoms with van der Waals surface area (Å²) in [4.78, 5) is 26.8. The van der Waals surface area contributed by atoms with E-state index < -0.39 is 25.5 Å². The average Bonchev–Trinajstić information content (AvgIpc) is 1.82. The SMILES string of the molecule is CC(NC(=O)C(F)(F)F)P(=O)(O)O. The quantitative estimate of drug-likeness (QED) is 0.581. The molecule has 0 aromatic rings. The Labute approximate surface area is 71.1 Å². The van der Waals surface area contributed by atoms with Crippen molar-refractivity contribution in [3.05, 3.63) is 0 Å². The zero-order valence-corrected chi connectivity index (χ0v) is 7.26. The van der Waals surface area contributed by atoms with Gasteiger partial charge >= 0.3 is 19.7 Å². The maximum Gasteiger partial charge on any atom is 0.471 e. The van der Waals surface area contributed by atoms with Gasteiger partial charge in [0.2, 0.25) is 0 Å². The van der Waals surface area contributed by atoms with Crippen molar-refractivity contribution in [2.24, 2.45) is 0 Å². The number of hydrogen-bond donors (Lipinski definition) is 3. The summed E-state index contributed by atoms with van der Waals surface area (Å²) in [6.45, 7) is 0.782. The highest BCUT2D eigenvalue weighted by molar-refractivity contribution is 7.52. The highest BCUT2D eigenvalue weighted by atomic mass is 31.2. The standard InChI is InChI=1S/C4H7F3NO4P/c1-2(13(10,11)12)8-3(9)4(5,6)7/h2H,1H3,(H,8,9)(H2,10,11,12). The van der Waals surface area contributed by atoms with Gasteiger partial charge in [0.25, 0.3) is 0 Å². The van der Waals surface area contributed by atoms with E-state index in [1.54, 1.807) is 0 Å². The highest BCUT2D eigenvalue weighted by Crippen LogP contribution is 2.39. The molecule has 5 nitrogen and oxygen atoms in total. The van der Waals surface area contributed by atoms with Crippen molar-refractivity contribution >= 4 is 13.5 Å². The number of rotatable bonds is 2. The Morgan fingerprint density at radius 2 is 1.85 bits per heavy atom. The van der Waals surface area contributed by atoms with E-state index in [-0.39, 0.29) is 0 Å². The van der Waals surface area contributed by atoms with E-state index in [9.17, 15) is 22.5 Å². The maximum absolute atomic E-state index is 11.5. The summed E-state index contributed by atoms with van der Waals surface area (Å²) in [7, 11) is -4.71. The first-order chi connectivity index (χ1) is 5.55. The van der Waals surface area contributed by atoms with Gasteiger partial charge in [0.1, 0.15) is 5.78 Å². The number of carbonyl (C=O) groups is 1. The van der Waals surface area contributed by atoms with Crippen LogP contribution in [0.5, 0.6) is 0 Å². The molecular formula is C4H7F3NO4P. The number of halogens is 3. The topological polar surface area (TPSA) is 86.6 Å². The van der Waals surface area contributed by atoms with Crippen LogP contribution in [0.2, 0.25) is 0 Å². The van der Waals surface area contributed by atoms with Crippen molar-refractivity contribution in [1.82, 2.24) is 5.32 Å². The van der Waals surface area contributed by atoms with Crippen LogP contribution < -0.4 is 5.32 Å². The Kier molecular flexibility index (Phi) is 3.48. The molecule has 0 aliphatic heterocycles. The summed E-state index contributed by atoms with van der Waals surface area (Å²) < 4.78 is 44.9. The molecule has 78 valence electrons. The van der Waals surface area contributed by atoms with Gasteiger partial charge < -0.3 is 15.1 Å². The van der Waals surface area contributed by atoms with Gasteiger partial charge in [-0.3, -0.25) is 9.36 Å². The fourth-order valence-corrected chi connectivity index (χ4v) is 0.641. The molecule has 1 atom stereocenters. The van der Waals surface area contributed by atoms with Gasteiger partial charge in [-0.25, -0.2) is 0 Å². The Morgan fingerprint density at radius 1 is 1.46 bits per heavy atom. The lowest BCUT2D eigenvalue weighted by molar-refractivity contribution is -0.173. The molecule has 0 bridgehead atoms. The first-order valence-corrected chi connectivity index (χ1v) is 4.66. The van der Waals surface area contributed by atoms with Crippen LogP contribution in [0.3, 0.4) is 0 Å². The van der Waals surface area contributed by atoms with Gasteiger partial charge in [-0.05, 0) is 6.92 Å². The predicted molar refractivity (Wildman–Crippen MR) is 35.7 cm³/mol. The summed E-state index contributed by atoms with van der Waals surface area (Å²) in [5.41, 5.74) is 0. The molecule has 0 saturated carbocycles. The van der Waals surface area contributed by atoms with E-state index in [4.69, 9.17) is 9.79 Å². The van der Waals surface area contributed by atoms with Crippen LogP contribution >= 0.6 is 7.60 Å². The van der Waals surface area contributed by atoms with Crippen molar-refractivity contribution < 1.29 is 32.3 Å². The molecule has 9 heteroatoms. The summed E-state index contributed by atoms with van der Waals surface area (Å²) >= 11 is 0. The lowest BCUT2D eigenvalue weighted by Crippen LogP contribution is -2.41. The van der Waals surface area contributed by atoms with Crippen molar-refractivity contribution in [1.29, 1.82) is 0 Å². The maximum atomic E-state index is 11.5. The van der Waals surface area contributed by atoms with Gasteiger partial charge in [-0.2, -0.15) is 13.2 Å². The second-order valence-electron chi connectivity index (χ2n) is 2.24. The minimum Gasteiger partial charge on any atom is -0.334 e. The summed E-state index contributed by atoms with van der Waals surface area (Å²) in [5, 5.41) is 1.13. The number of carbonyl (C=O) groups excluding carboxylic acids is 1. The van der Waals surface area contributed by atoms with Crippen molar-refractivity contribution in [3.8, 4) is 0 Å². The van der Waals surface area contributed by atoms with Gasteiger partial charge in [0.15, 0.2) is 0 Å². The molecular weight excluding hydrogens is 214 g/mol. The summed E-state index contributed by atoms with van der Waals surface area (Å²) in [6.07, 6.45) is -5.14. The smallest absolute Gasteiger partial charge is 0.334 e. The average molecular weight is 221 g/mol. The van der Waals surface area contributed by atoms with Gasteiger partial charge in [0, 0.05) is 0 Å². The summed E-state index contributed by atoms with van der Waals surface area (Å²) in [5.74, 6) is -4.22. The van der Waals surface area contributed by atoms with E-state index in [0.29, 0.717) is 0 Å². The molecule has 0 rings (SSSR count). The molecule has 1 unspecified atom stereocenters. The lowest BCUT2D eigenvalue weighted by Gasteiger charge is -2.15. The van der Waals surface area contributed by atoms with E-state index >= 15 is 0 Å². The molecule has 0 aromatic carbocycles. The van der Waals surface area contributed by atoms with Gasteiger partial charge in [-0.1, -0.05) is 0 Å². The second kappa shape index (κ2) is 3.65. The Balaban J connectivity index is 4.33. The number of nitrogens with one attached hydrogen (secondary N) is 1. The number of hydrogen-bond acceptors (Lipinski definition) is 2. The zero-order valence-electron chi connectivity index (χ0n) is 6.37. The minimum absolute atomic E-state index is 0.782. The fourth-order valence-electron chi connectivity index (χ4n) is 0.356. The van der Waals surface area contributed by atoms with Crippen molar-refractivity contribution in [3.63, 3.8) is 0 Å². The van der Waals surface area contributed by atoms with Crippen LogP contribution in [-0.4, -0.2) is 27.7 Å². The van der Waals surface area contributed by atoms with Gasteiger partial charge in [-0.15, -0.1) is 0 Å². The largest absolute Gasteiger partial charge is 0.471 e. The molecule has 0 spiro atoms. The normalized spacial score (nSPS) is 15.2. The first kappa shape index (κ1) is 12.4. The molecule has 0 aliphatic carbocycles. The second-order valence-corrected chi connectivity index (χ2v) is 4.19. The molecule has 0 saturated heterocycles. The van der Waals surface area contributed by atoms with Crippen LogP contribution in [0, 0.1) is 0 Å². The monoisotopic (exact) mass is 221 g/mol. The predicted octanol–water partition coefficient (Wildman–Crippen LogP) is 0.189. The van der Waals surface area contributed by atoms with Crippen LogP contribution in [0.25, 0.3) is 0 Å². The Hall–Kier alpha value is -0.590. The van der Waals surface area contributed by atoms with Crippen LogP contribution in [0.4, 0.5) is 13.2 Å². The fraction of sp³-hybridized carbons (Fsp3) is 0.750. The summed E-state index contributed by atoms with van der Waals surface area (Å²) in [6, 6.07) is 0. The highest BCUT2D eigenvalue weighted by Gasteiger charge is 2.41. The Bertz CT molecular complexity index is 246. The van der Waals surface area contributed by atoms with E-state index in [1.807, 2.05) is 0 Å².